The van der Waals surface area contributed by atoms with Gasteiger partial charge in [-0.15, -0.1) is 0 Å². The lowest BCUT2D eigenvalue weighted by Crippen LogP contribution is -2.50. The zero-order valence-corrected chi connectivity index (χ0v) is 18.1. The van der Waals surface area contributed by atoms with Gasteiger partial charge < -0.3 is 9.64 Å². The van der Waals surface area contributed by atoms with Crippen LogP contribution in [0.3, 0.4) is 0 Å². The van der Waals surface area contributed by atoms with Crippen molar-refractivity contribution in [3.8, 4) is 5.75 Å². The molecule has 0 spiro atoms. The molecule has 2 aromatic rings. The Kier molecular flexibility index (Phi) is 6.82. The number of halogens is 4. The van der Waals surface area contributed by atoms with E-state index in [9.17, 15) is 26.4 Å². The molecule has 0 aromatic heterocycles. The van der Waals surface area contributed by atoms with Crippen LogP contribution in [0.15, 0.2) is 47.4 Å². The summed E-state index contributed by atoms with van der Waals surface area (Å²) in [7, 11) is -4.17. The average Bonchev–Trinajstić information content (AvgIpc) is 2.73. The lowest BCUT2D eigenvalue weighted by atomic mass is 10.2. The molecule has 168 valence electrons. The summed E-state index contributed by atoms with van der Waals surface area (Å²) in [4.78, 5) is 13.7. The number of benzene rings is 2. The van der Waals surface area contributed by atoms with Gasteiger partial charge in [0.25, 0.3) is 5.91 Å². The van der Waals surface area contributed by atoms with E-state index in [2.05, 4.69) is 0 Å². The summed E-state index contributed by atoms with van der Waals surface area (Å²) in [5.41, 5.74) is -0.771. The third-order valence-electron chi connectivity index (χ3n) is 4.82. The summed E-state index contributed by atoms with van der Waals surface area (Å²) in [6.45, 7) is 2.52. The first-order chi connectivity index (χ1) is 14.5. The van der Waals surface area contributed by atoms with Gasteiger partial charge in [-0.25, -0.2) is 8.42 Å². The highest BCUT2D eigenvalue weighted by molar-refractivity contribution is 7.89. The van der Waals surface area contributed by atoms with Gasteiger partial charge in [-0.1, -0.05) is 11.6 Å². The molecule has 0 atom stereocenters. The number of carbonyl (C=O) groups is 1. The van der Waals surface area contributed by atoms with E-state index < -0.39 is 31.7 Å². The predicted molar refractivity (Wildman–Crippen MR) is 109 cm³/mol. The fraction of sp³-hybridized carbons (Fsp3) is 0.350. The minimum atomic E-state index is -4.77. The van der Waals surface area contributed by atoms with Gasteiger partial charge in [0, 0.05) is 31.7 Å². The van der Waals surface area contributed by atoms with Gasteiger partial charge in [-0.2, -0.15) is 17.5 Å². The largest absolute Gasteiger partial charge is 0.494 e. The zero-order valence-electron chi connectivity index (χ0n) is 16.5. The van der Waals surface area contributed by atoms with Crippen molar-refractivity contribution in [2.24, 2.45) is 0 Å². The molecule has 0 unspecified atom stereocenters. The monoisotopic (exact) mass is 476 g/mol. The van der Waals surface area contributed by atoms with Crippen LogP contribution < -0.4 is 4.74 Å². The molecule has 2 aromatic carbocycles. The van der Waals surface area contributed by atoms with E-state index in [4.69, 9.17) is 16.3 Å². The van der Waals surface area contributed by atoms with Crippen molar-refractivity contribution in [2.75, 3.05) is 32.8 Å². The Balaban J connectivity index is 1.70. The van der Waals surface area contributed by atoms with Crippen molar-refractivity contribution in [1.82, 2.24) is 9.21 Å². The molecule has 1 amide bonds. The third-order valence-corrected chi connectivity index (χ3v) is 7.04. The minimum Gasteiger partial charge on any atom is -0.494 e. The molecule has 0 radical (unpaired) electrons. The molecule has 0 bridgehead atoms. The summed E-state index contributed by atoms with van der Waals surface area (Å²) in [6, 6.07) is 9.11. The number of alkyl halides is 3. The van der Waals surface area contributed by atoms with E-state index in [-0.39, 0.29) is 32.1 Å². The number of piperazine rings is 1. The summed E-state index contributed by atoms with van der Waals surface area (Å²) >= 11 is 5.58. The molecule has 1 fully saturated rings. The lowest BCUT2D eigenvalue weighted by Gasteiger charge is -2.34. The molecule has 3 rings (SSSR count). The first-order valence-electron chi connectivity index (χ1n) is 9.43. The number of ether oxygens (including phenoxy) is 1. The SMILES string of the molecule is CCOc1ccc(C(=O)N2CCN(S(=O)(=O)c3ccc(Cl)c(C(F)(F)F)c3)CC2)cc1. The fourth-order valence-corrected chi connectivity index (χ4v) is 4.88. The van der Waals surface area contributed by atoms with Crippen LogP contribution in [0, 0.1) is 0 Å². The molecule has 0 saturated carbocycles. The van der Waals surface area contributed by atoms with E-state index in [1.165, 1.54) is 4.90 Å². The predicted octanol–water partition coefficient (Wildman–Crippen LogP) is 3.90. The first-order valence-corrected chi connectivity index (χ1v) is 11.2. The van der Waals surface area contributed by atoms with Crippen LogP contribution in [0.25, 0.3) is 0 Å². The van der Waals surface area contributed by atoms with E-state index in [1.54, 1.807) is 24.3 Å². The van der Waals surface area contributed by atoms with Crippen molar-refractivity contribution in [2.45, 2.75) is 18.0 Å². The quantitative estimate of drug-likeness (QED) is 0.656. The van der Waals surface area contributed by atoms with Crippen LogP contribution in [0.5, 0.6) is 5.75 Å². The second-order valence-corrected chi connectivity index (χ2v) is 9.14. The number of sulfonamides is 1. The Morgan fingerprint density at radius 1 is 1.06 bits per heavy atom. The van der Waals surface area contributed by atoms with Crippen molar-refractivity contribution in [1.29, 1.82) is 0 Å². The van der Waals surface area contributed by atoms with Gasteiger partial charge in [0.15, 0.2) is 0 Å². The number of carbonyl (C=O) groups excluding carboxylic acids is 1. The van der Waals surface area contributed by atoms with Gasteiger partial charge in [-0.05, 0) is 49.4 Å². The molecule has 31 heavy (non-hydrogen) atoms. The Morgan fingerprint density at radius 3 is 2.23 bits per heavy atom. The van der Waals surface area contributed by atoms with E-state index >= 15 is 0 Å². The second-order valence-electron chi connectivity index (χ2n) is 6.79. The number of nitrogens with zero attached hydrogens (tertiary/aromatic N) is 2. The normalized spacial score (nSPS) is 15.7. The van der Waals surface area contributed by atoms with Crippen molar-refractivity contribution in [3.05, 3.63) is 58.6 Å². The highest BCUT2D eigenvalue weighted by Gasteiger charge is 2.36. The van der Waals surface area contributed by atoms with Crippen LogP contribution in [-0.4, -0.2) is 56.3 Å². The van der Waals surface area contributed by atoms with Crippen molar-refractivity contribution in [3.63, 3.8) is 0 Å². The summed E-state index contributed by atoms with van der Waals surface area (Å²) in [5.74, 6) is 0.377. The van der Waals surface area contributed by atoms with Crippen LogP contribution in [-0.2, 0) is 16.2 Å². The molecule has 1 aliphatic rings. The van der Waals surface area contributed by atoms with E-state index in [0.29, 0.717) is 24.0 Å². The van der Waals surface area contributed by atoms with Gasteiger partial charge >= 0.3 is 6.18 Å². The first kappa shape index (κ1) is 23.4. The molecule has 1 saturated heterocycles. The number of rotatable bonds is 5. The molecular weight excluding hydrogens is 457 g/mol. The Morgan fingerprint density at radius 2 is 1.68 bits per heavy atom. The van der Waals surface area contributed by atoms with Crippen LogP contribution in [0.2, 0.25) is 5.02 Å². The summed E-state index contributed by atoms with van der Waals surface area (Å²) in [5, 5.41) is -0.572. The number of hydrogen-bond donors (Lipinski definition) is 0. The van der Waals surface area contributed by atoms with Crippen LogP contribution >= 0.6 is 11.6 Å². The van der Waals surface area contributed by atoms with Gasteiger partial charge in [-0.3, -0.25) is 4.79 Å². The van der Waals surface area contributed by atoms with Crippen molar-refractivity contribution < 1.29 is 31.1 Å². The van der Waals surface area contributed by atoms with Gasteiger partial charge in [0.2, 0.25) is 10.0 Å². The van der Waals surface area contributed by atoms with E-state index in [1.807, 2.05) is 6.92 Å². The highest BCUT2D eigenvalue weighted by atomic mass is 35.5. The van der Waals surface area contributed by atoms with Crippen LogP contribution in [0.1, 0.15) is 22.8 Å². The zero-order chi connectivity index (χ0) is 22.8. The summed E-state index contributed by atoms with van der Waals surface area (Å²) < 4.78 is 71.3. The molecule has 6 nitrogen and oxygen atoms in total. The molecule has 0 aliphatic carbocycles. The smallest absolute Gasteiger partial charge is 0.417 e. The molecule has 0 N–H and O–H groups in total. The summed E-state index contributed by atoms with van der Waals surface area (Å²) in [6.07, 6.45) is -4.77. The van der Waals surface area contributed by atoms with E-state index in [0.717, 1.165) is 16.4 Å². The van der Waals surface area contributed by atoms with Crippen LogP contribution in [0.4, 0.5) is 13.2 Å². The third kappa shape index (κ3) is 5.13. The fourth-order valence-electron chi connectivity index (χ4n) is 3.21. The average molecular weight is 477 g/mol. The Labute approximate surface area is 183 Å². The number of hydrogen-bond acceptors (Lipinski definition) is 4. The minimum absolute atomic E-state index is 0.0327. The highest BCUT2D eigenvalue weighted by Crippen LogP contribution is 2.36. The van der Waals surface area contributed by atoms with Gasteiger partial charge in [0.05, 0.1) is 22.1 Å². The van der Waals surface area contributed by atoms with Crippen molar-refractivity contribution >= 4 is 27.5 Å². The Bertz CT molecular complexity index is 1050. The number of amides is 1. The topological polar surface area (TPSA) is 66.9 Å². The maximum Gasteiger partial charge on any atom is 0.417 e. The lowest BCUT2D eigenvalue weighted by molar-refractivity contribution is -0.137. The maximum absolute atomic E-state index is 13.1. The Hall–Kier alpha value is -2.30. The second kappa shape index (κ2) is 9.05. The molecule has 11 heteroatoms. The maximum atomic E-state index is 13.1. The standard InChI is InChI=1S/C20H20ClF3N2O4S/c1-2-30-15-5-3-14(4-6-15)19(27)25-9-11-26(12-10-25)31(28,29)16-7-8-18(21)17(13-16)20(22,23)24/h3-8,13H,2,9-12H2,1H3. The molecule has 1 heterocycles. The van der Waals surface area contributed by atoms with Gasteiger partial charge in [0.1, 0.15) is 5.75 Å². The molecular formula is C20H20ClF3N2O4S. The molecule has 1 aliphatic heterocycles.